The van der Waals surface area contributed by atoms with Crippen LogP contribution in [0.2, 0.25) is 0 Å². The molecule has 5 rings (SSSR count). The van der Waals surface area contributed by atoms with Crippen molar-refractivity contribution in [1.82, 2.24) is 14.9 Å². The molecular formula is C29H32N6O3. The third-order valence-corrected chi connectivity index (χ3v) is 6.87. The Kier molecular flexibility index (Phi) is 7.37. The SMILES string of the molecule is CC1=C(C(=O)Nc2ccc(N3CCOCC3)nc2)c2cc(-c3cncc(NC(=O)N(C)C)c3)ccc2CC1. The van der Waals surface area contributed by atoms with Crippen LogP contribution in [0.5, 0.6) is 0 Å². The van der Waals surface area contributed by atoms with Crippen molar-refractivity contribution < 1.29 is 14.3 Å². The van der Waals surface area contributed by atoms with E-state index in [0.717, 1.165) is 59.6 Å². The molecule has 2 aliphatic rings. The molecular weight excluding hydrogens is 480 g/mol. The molecule has 1 aliphatic heterocycles. The highest BCUT2D eigenvalue weighted by atomic mass is 16.5. The summed E-state index contributed by atoms with van der Waals surface area (Å²) in [5.41, 5.74) is 6.84. The van der Waals surface area contributed by atoms with E-state index in [4.69, 9.17) is 4.74 Å². The standard InChI is InChI=1S/C29H32N6O3/c1-19-4-5-20-6-7-21(22-14-24(17-30-16-22)33-29(37)34(2)3)15-25(20)27(19)28(36)32-23-8-9-26(31-18-23)35-10-12-38-13-11-35/h6-9,14-18H,4-5,10-13H2,1-3H3,(H,32,36)(H,33,37). The molecule has 2 N–H and O–H groups in total. The molecule has 1 fully saturated rings. The lowest BCUT2D eigenvalue weighted by molar-refractivity contribution is -0.111. The van der Waals surface area contributed by atoms with Crippen molar-refractivity contribution in [2.75, 3.05) is 55.9 Å². The van der Waals surface area contributed by atoms with Crippen LogP contribution in [0.1, 0.15) is 24.5 Å². The van der Waals surface area contributed by atoms with Gasteiger partial charge in [-0.1, -0.05) is 17.7 Å². The maximum Gasteiger partial charge on any atom is 0.321 e. The number of hydrogen-bond acceptors (Lipinski definition) is 6. The van der Waals surface area contributed by atoms with Gasteiger partial charge in [-0.05, 0) is 60.7 Å². The normalized spacial score (nSPS) is 15.1. The van der Waals surface area contributed by atoms with E-state index in [2.05, 4.69) is 31.6 Å². The highest BCUT2D eigenvalue weighted by molar-refractivity contribution is 6.26. The quantitative estimate of drug-likeness (QED) is 0.525. The molecule has 1 aliphatic carbocycles. The molecule has 3 heterocycles. The lowest BCUT2D eigenvalue weighted by Crippen LogP contribution is -2.36. The van der Waals surface area contributed by atoms with E-state index < -0.39 is 0 Å². The number of pyridine rings is 2. The van der Waals surface area contributed by atoms with Crippen LogP contribution < -0.4 is 15.5 Å². The fourth-order valence-corrected chi connectivity index (χ4v) is 4.73. The summed E-state index contributed by atoms with van der Waals surface area (Å²) in [7, 11) is 3.37. The monoisotopic (exact) mass is 512 g/mol. The summed E-state index contributed by atoms with van der Waals surface area (Å²) in [4.78, 5) is 38.1. The van der Waals surface area contributed by atoms with Gasteiger partial charge in [0.25, 0.3) is 5.91 Å². The van der Waals surface area contributed by atoms with Gasteiger partial charge in [0.15, 0.2) is 0 Å². The zero-order valence-electron chi connectivity index (χ0n) is 22.0. The highest BCUT2D eigenvalue weighted by Gasteiger charge is 2.23. The minimum atomic E-state index is -0.223. The molecule has 9 heteroatoms. The second-order valence-electron chi connectivity index (χ2n) is 9.77. The van der Waals surface area contributed by atoms with Crippen LogP contribution in [-0.2, 0) is 16.0 Å². The van der Waals surface area contributed by atoms with Gasteiger partial charge in [0.05, 0.1) is 37.0 Å². The van der Waals surface area contributed by atoms with Crippen LogP contribution in [0.4, 0.5) is 22.0 Å². The van der Waals surface area contributed by atoms with Gasteiger partial charge in [-0.2, -0.15) is 0 Å². The number of aryl methyl sites for hydroxylation is 1. The summed E-state index contributed by atoms with van der Waals surface area (Å²) in [6.45, 7) is 5.03. The van der Waals surface area contributed by atoms with Gasteiger partial charge >= 0.3 is 6.03 Å². The zero-order chi connectivity index (χ0) is 26.6. The number of anilines is 3. The van der Waals surface area contributed by atoms with Gasteiger partial charge in [-0.3, -0.25) is 9.78 Å². The number of nitrogens with one attached hydrogen (secondary N) is 2. The number of hydrogen-bond donors (Lipinski definition) is 2. The minimum absolute atomic E-state index is 0.147. The summed E-state index contributed by atoms with van der Waals surface area (Å²) in [6, 6.07) is 11.7. The molecule has 3 aromatic rings. The lowest BCUT2D eigenvalue weighted by Gasteiger charge is -2.27. The molecule has 1 saturated heterocycles. The van der Waals surface area contributed by atoms with Gasteiger partial charge in [0.2, 0.25) is 0 Å². The number of nitrogens with zero attached hydrogens (tertiary/aromatic N) is 4. The third-order valence-electron chi connectivity index (χ3n) is 6.87. The van der Waals surface area contributed by atoms with Crippen molar-refractivity contribution in [3.63, 3.8) is 0 Å². The van der Waals surface area contributed by atoms with Gasteiger partial charge in [0.1, 0.15) is 5.82 Å². The number of aromatic nitrogens is 2. The first-order valence-electron chi connectivity index (χ1n) is 12.8. The topological polar surface area (TPSA) is 99.7 Å². The van der Waals surface area contributed by atoms with Crippen molar-refractivity contribution >= 4 is 34.7 Å². The maximum absolute atomic E-state index is 13.5. The number of amides is 3. The molecule has 3 amide bonds. The van der Waals surface area contributed by atoms with Crippen molar-refractivity contribution in [2.45, 2.75) is 19.8 Å². The molecule has 0 radical (unpaired) electrons. The third kappa shape index (κ3) is 5.52. The second-order valence-corrected chi connectivity index (χ2v) is 9.77. The fourth-order valence-electron chi connectivity index (χ4n) is 4.73. The summed E-state index contributed by atoms with van der Waals surface area (Å²) in [6.07, 6.45) is 6.79. The molecule has 2 aromatic heterocycles. The van der Waals surface area contributed by atoms with E-state index in [1.54, 1.807) is 32.7 Å². The average molecular weight is 513 g/mol. The van der Waals surface area contributed by atoms with Gasteiger partial charge in [-0.25, -0.2) is 9.78 Å². The second kappa shape index (κ2) is 11.0. The minimum Gasteiger partial charge on any atom is -0.378 e. The fraction of sp³-hybridized carbons (Fsp3) is 0.310. The summed E-state index contributed by atoms with van der Waals surface area (Å²) in [5.74, 6) is 0.735. The number of carbonyl (C=O) groups excluding carboxylic acids is 2. The Balaban J connectivity index is 1.37. The number of morpholine rings is 1. The van der Waals surface area contributed by atoms with E-state index in [9.17, 15) is 9.59 Å². The Bertz CT molecular complexity index is 1380. The van der Waals surface area contributed by atoms with Gasteiger partial charge in [0, 0.05) is 44.5 Å². The smallest absolute Gasteiger partial charge is 0.321 e. The van der Waals surface area contributed by atoms with Crippen LogP contribution in [0.25, 0.3) is 16.7 Å². The molecule has 0 spiro atoms. The van der Waals surface area contributed by atoms with Crippen molar-refractivity contribution in [3.8, 4) is 11.1 Å². The predicted octanol–water partition coefficient (Wildman–Crippen LogP) is 4.43. The number of rotatable bonds is 5. The molecule has 196 valence electrons. The van der Waals surface area contributed by atoms with Crippen LogP contribution in [0.3, 0.4) is 0 Å². The molecule has 0 atom stereocenters. The van der Waals surface area contributed by atoms with Crippen LogP contribution in [0.15, 0.2) is 60.6 Å². The van der Waals surface area contributed by atoms with E-state index >= 15 is 0 Å². The summed E-state index contributed by atoms with van der Waals surface area (Å²) < 4.78 is 5.42. The molecule has 0 bridgehead atoms. The number of allylic oxidation sites excluding steroid dienone is 1. The number of urea groups is 1. The predicted molar refractivity (Wildman–Crippen MR) is 149 cm³/mol. The number of fused-ring (bicyclic) bond motifs is 1. The van der Waals surface area contributed by atoms with Gasteiger partial charge < -0.3 is 25.2 Å². The van der Waals surface area contributed by atoms with Crippen molar-refractivity contribution in [2.24, 2.45) is 0 Å². The van der Waals surface area contributed by atoms with Crippen LogP contribution >= 0.6 is 0 Å². The first-order chi connectivity index (χ1) is 18.4. The average Bonchev–Trinajstić information content (AvgIpc) is 2.93. The van der Waals surface area contributed by atoms with Crippen molar-refractivity contribution in [3.05, 3.63) is 71.7 Å². The Morgan fingerprint density at radius 3 is 2.47 bits per heavy atom. The summed E-state index contributed by atoms with van der Waals surface area (Å²) in [5, 5.41) is 5.88. The largest absolute Gasteiger partial charge is 0.378 e. The molecule has 9 nitrogen and oxygen atoms in total. The molecule has 0 unspecified atom stereocenters. The van der Waals surface area contributed by atoms with Crippen LogP contribution in [0, 0.1) is 0 Å². The van der Waals surface area contributed by atoms with E-state index in [1.165, 1.54) is 4.90 Å². The van der Waals surface area contributed by atoms with E-state index in [0.29, 0.717) is 30.2 Å². The Morgan fingerprint density at radius 1 is 0.921 bits per heavy atom. The molecule has 0 saturated carbocycles. The summed E-state index contributed by atoms with van der Waals surface area (Å²) >= 11 is 0. The Morgan fingerprint density at radius 2 is 1.74 bits per heavy atom. The highest BCUT2D eigenvalue weighted by Crippen LogP contribution is 2.35. The lowest BCUT2D eigenvalue weighted by atomic mass is 9.84. The number of benzene rings is 1. The van der Waals surface area contributed by atoms with E-state index in [1.807, 2.05) is 37.3 Å². The maximum atomic E-state index is 13.5. The first-order valence-corrected chi connectivity index (χ1v) is 12.8. The van der Waals surface area contributed by atoms with Gasteiger partial charge in [-0.15, -0.1) is 0 Å². The Hall–Kier alpha value is -4.24. The van der Waals surface area contributed by atoms with Crippen LogP contribution in [-0.4, -0.2) is 67.2 Å². The van der Waals surface area contributed by atoms with Crippen molar-refractivity contribution in [1.29, 1.82) is 0 Å². The Labute approximate surface area is 222 Å². The molecule has 1 aromatic carbocycles. The number of ether oxygens (including phenoxy) is 1. The molecule has 38 heavy (non-hydrogen) atoms. The zero-order valence-corrected chi connectivity index (χ0v) is 22.0. The van der Waals surface area contributed by atoms with E-state index in [-0.39, 0.29) is 11.9 Å². The first kappa shape index (κ1) is 25.4. The number of carbonyl (C=O) groups is 2.